The van der Waals surface area contributed by atoms with Gasteiger partial charge in [0.1, 0.15) is 11.3 Å². The van der Waals surface area contributed by atoms with Crippen LogP contribution < -0.4 is 10.1 Å². The number of benzene rings is 1. The van der Waals surface area contributed by atoms with Crippen molar-refractivity contribution in [2.45, 2.75) is 6.54 Å². The minimum absolute atomic E-state index is 0.703. The van der Waals surface area contributed by atoms with Crippen molar-refractivity contribution >= 4 is 22.1 Å². The molecule has 0 fully saturated rings. The molecular formula is C18H19N5O. The predicted molar refractivity (Wildman–Crippen MR) is 95.1 cm³/mol. The summed E-state index contributed by atoms with van der Waals surface area (Å²) in [6.45, 7) is 0.703. The molecule has 0 aliphatic carbocycles. The van der Waals surface area contributed by atoms with Crippen molar-refractivity contribution in [1.82, 2.24) is 24.8 Å². The first-order valence-corrected chi connectivity index (χ1v) is 7.82. The number of aromatic amines is 1. The summed E-state index contributed by atoms with van der Waals surface area (Å²) in [6.07, 6.45) is 3.91. The lowest BCUT2D eigenvalue weighted by atomic mass is 10.1. The summed E-state index contributed by atoms with van der Waals surface area (Å²) in [6, 6.07) is 8.16. The number of aryl methyl sites for hydroxylation is 1. The van der Waals surface area contributed by atoms with E-state index in [-0.39, 0.29) is 0 Å². The van der Waals surface area contributed by atoms with Gasteiger partial charge in [0.25, 0.3) is 0 Å². The van der Waals surface area contributed by atoms with Crippen molar-refractivity contribution in [3.8, 4) is 17.0 Å². The van der Waals surface area contributed by atoms with Gasteiger partial charge in [-0.2, -0.15) is 0 Å². The van der Waals surface area contributed by atoms with Crippen molar-refractivity contribution < 1.29 is 4.74 Å². The molecule has 122 valence electrons. The number of fused-ring (bicyclic) bond motifs is 2. The Hall–Kier alpha value is -2.86. The number of nitrogens with zero attached hydrogens (tertiary/aromatic N) is 3. The van der Waals surface area contributed by atoms with Crippen molar-refractivity contribution in [3.05, 3.63) is 42.4 Å². The third-order valence-electron chi connectivity index (χ3n) is 4.23. The van der Waals surface area contributed by atoms with Gasteiger partial charge in [-0.3, -0.25) is 0 Å². The van der Waals surface area contributed by atoms with Gasteiger partial charge in [0.15, 0.2) is 5.65 Å². The second-order valence-electron chi connectivity index (χ2n) is 5.85. The Morgan fingerprint density at radius 1 is 1.29 bits per heavy atom. The second kappa shape index (κ2) is 5.65. The average molecular weight is 321 g/mol. The maximum Gasteiger partial charge on any atom is 0.156 e. The fraction of sp³-hybridized carbons (Fsp3) is 0.222. The third kappa shape index (κ3) is 2.32. The van der Waals surface area contributed by atoms with Crippen LogP contribution in [0.4, 0.5) is 0 Å². The first-order valence-electron chi connectivity index (χ1n) is 7.82. The van der Waals surface area contributed by atoms with E-state index in [2.05, 4.69) is 49.2 Å². The van der Waals surface area contributed by atoms with E-state index in [0.717, 1.165) is 44.8 Å². The van der Waals surface area contributed by atoms with E-state index >= 15 is 0 Å². The molecule has 0 spiro atoms. The number of aromatic nitrogens is 4. The van der Waals surface area contributed by atoms with Crippen LogP contribution in [0.25, 0.3) is 33.3 Å². The first-order chi connectivity index (χ1) is 11.7. The molecule has 0 saturated carbocycles. The number of H-pyrrole nitrogens is 1. The molecule has 24 heavy (non-hydrogen) atoms. The van der Waals surface area contributed by atoms with Gasteiger partial charge in [0.05, 0.1) is 24.7 Å². The minimum atomic E-state index is 0.703. The Morgan fingerprint density at radius 3 is 2.96 bits per heavy atom. The summed E-state index contributed by atoms with van der Waals surface area (Å²) in [5.74, 6) is 0.846. The third-order valence-corrected chi connectivity index (χ3v) is 4.23. The molecule has 6 heteroatoms. The molecule has 1 aromatic carbocycles. The molecule has 0 amide bonds. The highest BCUT2D eigenvalue weighted by molar-refractivity contribution is 5.98. The van der Waals surface area contributed by atoms with Crippen LogP contribution in [-0.2, 0) is 13.6 Å². The lowest BCUT2D eigenvalue weighted by Crippen LogP contribution is -2.07. The van der Waals surface area contributed by atoms with Gasteiger partial charge in [-0.25, -0.2) is 9.97 Å². The number of hydrogen-bond donors (Lipinski definition) is 2. The van der Waals surface area contributed by atoms with E-state index in [1.54, 1.807) is 13.3 Å². The highest BCUT2D eigenvalue weighted by Crippen LogP contribution is 2.33. The summed E-state index contributed by atoms with van der Waals surface area (Å²) in [7, 11) is 5.63. The van der Waals surface area contributed by atoms with Crippen molar-refractivity contribution in [2.75, 3.05) is 14.2 Å². The Bertz CT molecular complexity index is 1030. The van der Waals surface area contributed by atoms with Crippen LogP contribution in [0.2, 0.25) is 0 Å². The van der Waals surface area contributed by atoms with Crippen LogP contribution in [0.15, 0.2) is 36.7 Å². The van der Waals surface area contributed by atoms with Gasteiger partial charge >= 0.3 is 0 Å². The second-order valence-corrected chi connectivity index (χ2v) is 5.85. The highest BCUT2D eigenvalue weighted by atomic mass is 16.5. The zero-order valence-corrected chi connectivity index (χ0v) is 13.9. The monoisotopic (exact) mass is 321 g/mol. The van der Waals surface area contributed by atoms with Crippen molar-refractivity contribution in [2.24, 2.45) is 7.05 Å². The zero-order valence-electron chi connectivity index (χ0n) is 13.9. The SMILES string of the molecule is CNCc1cnc2[nH]c(-c3cn(C)c4ccc(OC)cc34)cc2n1. The predicted octanol–water partition coefficient (Wildman–Crippen LogP) is 2.84. The molecule has 3 aromatic heterocycles. The standard InChI is InChI=1S/C18H19N5O/c1-19-8-11-9-20-18-16(21-11)7-15(22-18)14-10-23(2)17-5-4-12(24-3)6-13(14)17/h4-7,9-10,19H,8H2,1-3H3,(H,20,22). The van der Waals surface area contributed by atoms with Crippen LogP contribution in [0.3, 0.4) is 0 Å². The molecule has 0 bridgehead atoms. The Balaban J connectivity index is 1.88. The topological polar surface area (TPSA) is 67.8 Å². The molecule has 0 unspecified atom stereocenters. The van der Waals surface area contributed by atoms with Gasteiger partial charge in [0, 0.05) is 36.3 Å². The van der Waals surface area contributed by atoms with E-state index in [4.69, 9.17) is 4.74 Å². The molecule has 0 aliphatic heterocycles. The number of nitrogens with one attached hydrogen (secondary N) is 2. The van der Waals surface area contributed by atoms with Crippen LogP contribution in [0.5, 0.6) is 5.75 Å². The van der Waals surface area contributed by atoms with Crippen LogP contribution in [-0.4, -0.2) is 33.7 Å². The van der Waals surface area contributed by atoms with E-state index < -0.39 is 0 Å². The van der Waals surface area contributed by atoms with E-state index in [1.165, 1.54) is 0 Å². The molecule has 0 aliphatic rings. The van der Waals surface area contributed by atoms with Gasteiger partial charge in [0.2, 0.25) is 0 Å². The molecule has 3 heterocycles. The van der Waals surface area contributed by atoms with E-state index in [0.29, 0.717) is 6.54 Å². The van der Waals surface area contributed by atoms with E-state index in [1.807, 2.05) is 20.2 Å². The molecule has 4 rings (SSSR count). The summed E-state index contributed by atoms with van der Waals surface area (Å²) in [5, 5.41) is 4.24. The number of rotatable bonds is 4. The molecule has 4 aromatic rings. The van der Waals surface area contributed by atoms with Crippen LogP contribution >= 0.6 is 0 Å². The number of ether oxygens (including phenoxy) is 1. The van der Waals surface area contributed by atoms with Crippen molar-refractivity contribution in [1.29, 1.82) is 0 Å². The number of hydrogen-bond acceptors (Lipinski definition) is 4. The van der Waals surface area contributed by atoms with Gasteiger partial charge in [-0.05, 0) is 31.3 Å². The lowest BCUT2D eigenvalue weighted by molar-refractivity contribution is 0.415. The van der Waals surface area contributed by atoms with E-state index in [9.17, 15) is 0 Å². The fourth-order valence-electron chi connectivity index (χ4n) is 3.06. The molecule has 6 nitrogen and oxygen atoms in total. The molecule has 0 radical (unpaired) electrons. The Kier molecular flexibility index (Phi) is 3.46. The number of methoxy groups -OCH3 is 1. The van der Waals surface area contributed by atoms with Crippen molar-refractivity contribution in [3.63, 3.8) is 0 Å². The van der Waals surface area contributed by atoms with Gasteiger partial charge in [-0.15, -0.1) is 0 Å². The highest BCUT2D eigenvalue weighted by Gasteiger charge is 2.13. The largest absolute Gasteiger partial charge is 0.497 e. The minimum Gasteiger partial charge on any atom is -0.497 e. The molecule has 2 N–H and O–H groups in total. The quantitative estimate of drug-likeness (QED) is 0.606. The molecular weight excluding hydrogens is 302 g/mol. The summed E-state index contributed by atoms with van der Waals surface area (Å²) >= 11 is 0. The fourth-order valence-corrected chi connectivity index (χ4v) is 3.06. The maximum atomic E-state index is 5.37. The maximum absolute atomic E-state index is 5.37. The zero-order chi connectivity index (χ0) is 16.7. The Labute approximate surface area is 139 Å². The summed E-state index contributed by atoms with van der Waals surface area (Å²) in [5.41, 5.74) is 5.87. The Morgan fingerprint density at radius 2 is 2.17 bits per heavy atom. The normalized spacial score (nSPS) is 11.5. The molecule has 0 atom stereocenters. The van der Waals surface area contributed by atoms with Crippen LogP contribution in [0, 0.1) is 0 Å². The smallest absolute Gasteiger partial charge is 0.156 e. The van der Waals surface area contributed by atoms with Gasteiger partial charge in [-0.1, -0.05) is 0 Å². The van der Waals surface area contributed by atoms with Crippen LogP contribution in [0.1, 0.15) is 5.69 Å². The first kappa shape index (κ1) is 14.7. The summed E-state index contributed by atoms with van der Waals surface area (Å²) < 4.78 is 7.49. The lowest BCUT2D eigenvalue weighted by Gasteiger charge is -2.01. The molecule has 0 saturated heterocycles. The summed E-state index contributed by atoms with van der Waals surface area (Å²) in [4.78, 5) is 12.5. The van der Waals surface area contributed by atoms with Gasteiger partial charge < -0.3 is 19.6 Å². The average Bonchev–Trinajstić information content (AvgIpc) is 3.15.